The quantitative estimate of drug-likeness (QED) is 0.895. The minimum Gasteiger partial charge on any atom is -0.335 e. The van der Waals surface area contributed by atoms with Crippen molar-refractivity contribution in [2.75, 3.05) is 13.1 Å². The van der Waals surface area contributed by atoms with Crippen LogP contribution in [0.1, 0.15) is 39.2 Å². The zero-order valence-corrected chi connectivity index (χ0v) is 12.9. The number of rotatable bonds is 5. The summed E-state index contributed by atoms with van der Waals surface area (Å²) in [4.78, 5) is 15.1. The largest absolute Gasteiger partial charge is 0.335 e. The Kier molecular flexibility index (Phi) is 4.81. The van der Waals surface area contributed by atoms with Crippen LogP contribution in [0.4, 0.5) is 0 Å². The van der Waals surface area contributed by atoms with E-state index in [9.17, 15) is 4.79 Å². The molecule has 1 heterocycles. The molecule has 1 aliphatic rings. The first-order valence-corrected chi connectivity index (χ1v) is 7.65. The fourth-order valence-electron chi connectivity index (χ4n) is 2.95. The van der Waals surface area contributed by atoms with E-state index >= 15 is 0 Å². The molecular formula is C17H26N2O. The number of carbonyl (C=O) groups excluding carboxylic acids is 1. The van der Waals surface area contributed by atoms with Crippen LogP contribution in [-0.4, -0.2) is 29.9 Å². The minimum atomic E-state index is -0.195. The van der Waals surface area contributed by atoms with Crippen molar-refractivity contribution in [3.05, 3.63) is 35.9 Å². The van der Waals surface area contributed by atoms with Crippen LogP contribution in [0, 0.1) is 5.41 Å². The topological polar surface area (TPSA) is 32.3 Å². The lowest BCUT2D eigenvalue weighted by Gasteiger charge is -2.36. The summed E-state index contributed by atoms with van der Waals surface area (Å²) in [7, 11) is 0. The third kappa shape index (κ3) is 3.04. The van der Waals surface area contributed by atoms with Gasteiger partial charge in [-0.05, 0) is 38.8 Å². The van der Waals surface area contributed by atoms with Gasteiger partial charge >= 0.3 is 0 Å². The molecule has 1 aliphatic heterocycles. The standard InChI is InChI=1S/C17H26N2O/c1-4-17(10-11-18-13-17)16(20)19(14(2)3)12-15-8-6-5-7-9-15/h5-9,14,18H,4,10-13H2,1-3H3. The summed E-state index contributed by atoms with van der Waals surface area (Å²) in [6.45, 7) is 8.82. The molecule has 0 aliphatic carbocycles. The predicted molar refractivity (Wildman–Crippen MR) is 82.3 cm³/mol. The fourth-order valence-corrected chi connectivity index (χ4v) is 2.95. The van der Waals surface area contributed by atoms with Crippen LogP contribution in [0.25, 0.3) is 0 Å². The highest BCUT2D eigenvalue weighted by molar-refractivity contribution is 5.83. The smallest absolute Gasteiger partial charge is 0.230 e. The molecule has 110 valence electrons. The van der Waals surface area contributed by atoms with Gasteiger partial charge in [0.05, 0.1) is 5.41 Å². The normalized spacial score (nSPS) is 22.2. The molecule has 0 aromatic heterocycles. The Morgan fingerprint density at radius 3 is 2.55 bits per heavy atom. The molecule has 3 heteroatoms. The Morgan fingerprint density at radius 1 is 1.35 bits per heavy atom. The van der Waals surface area contributed by atoms with E-state index in [1.54, 1.807) is 0 Å². The molecule has 1 aromatic carbocycles. The van der Waals surface area contributed by atoms with Crippen molar-refractivity contribution >= 4 is 5.91 Å². The Hall–Kier alpha value is -1.35. The van der Waals surface area contributed by atoms with Crippen molar-refractivity contribution in [3.63, 3.8) is 0 Å². The molecule has 1 fully saturated rings. The van der Waals surface area contributed by atoms with Crippen LogP contribution >= 0.6 is 0 Å². The molecule has 1 aromatic rings. The highest BCUT2D eigenvalue weighted by Crippen LogP contribution is 2.33. The number of nitrogens with one attached hydrogen (secondary N) is 1. The summed E-state index contributed by atoms with van der Waals surface area (Å²) in [5.74, 6) is 0.309. The second-order valence-corrected chi connectivity index (χ2v) is 6.07. The zero-order chi connectivity index (χ0) is 14.6. The first kappa shape index (κ1) is 15.0. The fraction of sp³-hybridized carbons (Fsp3) is 0.588. The van der Waals surface area contributed by atoms with Crippen molar-refractivity contribution in [1.29, 1.82) is 0 Å². The highest BCUT2D eigenvalue weighted by Gasteiger charge is 2.42. The van der Waals surface area contributed by atoms with Gasteiger partial charge in [-0.25, -0.2) is 0 Å². The number of nitrogens with zero attached hydrogens (tertiary/aromatic N) is 1. The lowest BCUT2D eigenvalue weighted by atomic mass is 9.82. The number of amides is 1. The van der Waals surface area contributed by atoms with E-state index in [2.05, 4.69) is 38.2 Å². The molecule has 1 N–H and O–H groups in total. The average molecular weight is 274 g/mol. The summed E-state index contributed by atoms with van der Waals surface area (Å²) in [5, 5.41) is 3.36. The average Bonchev–Trinajstić information content (AvgIpc) is 2.95. The molecule has 1 unspecified atom stereocenters. The van der Waals surface area contributed by atoms with Crippen LogP contribution in [0.3, 0.4) is 0 Å². The van der Waals surface area contributed by atoms with Gasteiger partial charge in [0.1, 0.15) is 0 Å². The van der Waals surface area contributed by atoms with Crippen LogP contribution in [-0.2, 0) is 11.3 Å². The zero-order valence-electron chi connectivity index (χ0n) is 12.9. The maximum absolute atomic E-state index is 13.0. The number of carbonyl (C=O) groups is 1. The van der Waals surface area contributed by atoms with E-state index in [4.69, 9.17) is 0 Å². The Labute approximate surface area is 122 Å². The number of hydrogen-bond donors (Lipinski definition) is 1. The highest BCUT2D eigenvalue weighted by atomic mass is 16.2. The van der Waals surface area contributed by atoms with Crippen LogP contribution in [0.2, 0.25) is 0 Å². The van der Waals surface area contributed by atoms with Crippen molar-refractivity contribution in [3.8, 4) is 0 Å². The molecule has 1 saturated heterocycles. The van der Waals surface area contributed by atoms with Crippen LogP contribution in [0.15, 0.2) is 30.3 Å². The Morgan fingerprint density at radius 2 is 2.05 bits per heavy atom. The maximum Gasteiger partial charge on any atom is 0.230 e. The minimum absolute atomic E-state index is 0.195. The molecule has 0 spiro atoms. The van der Waals surface area contributed by atoms with E-state index in [1.165, 1.54) is 5.56 Å². The third-order valence-corrected chi connectivity index (χ3v) is 4.45. The summed E-state index contributed by atoms with van der Waals surface area (Å²) in [5.41, 5.74) is 1.01. The van der Waals surface area contributed by atoms with Crippen molar-refractivity contribution in [2.45, 2.75) is 46.2 Å². The van der Waals surface area contributed by atoms with Crippen LogP contribution < -0.4 is 5.32 Å². The van der Waals surface area contributed by atoms with Gasteiger partial charge in [0, 0.05) is 19.1 Å². The summed E-state index contributed by atoms with van der Waals surface area (Å²) in [6.07, 6.45) is 1.87. The Bertz CT molecular complexity index is 436. The molecule has 0 saturated carbocycles. The van der Waals surface area contributed by atoms with Gasteiger partial charge in [0.2, 0.25) is 5.91 Å². The van der Waals surface area contributed by atoms with Gasteiger partial charge in [-0.1, -0.05) is 37.3 Å². The first-order chi connectivity index (χ1) is 9.59. The van der Waals surface area contributed by atoms with Crippen molar-refractivity contribution in [2.24, 2.45) is 5.41 Å². The molecule has 0 radical (unpaired) electrons. The Balaban J connectivity index is 2.18. The van der Waals surface area contributed by atoms with Gasteiger partial charge in [-0.3, -0.25) is 4.79 Å². The molecule has 1 atom stereocenters. The van der Waals surface area contributed by atoms with Gasteiger partial charge in [-0.2, -0.15) is 0 Å². The van der Waals surface area contributed by atoms with Gasteiger partial charge in [0.15, 0.2) is 0 Å². The van der Waals surface area contributed by atoms with Gasteiger partial charge in [-0.15, -0.1) is 0 Å². The molecule has 2 rings (SSSR count). The van der Waals surface area contributed by atoms with Crippen molar-refractivity contribution < 1.29 is 4.79 Å². The summed E-state index contributed by atoms with van der Waals surface area (Å²) in [6, 6.07) is 10.5. The predicted octanol–water partition coefficient (Wildman–Crippen LogP) is 2.81. The summed E-state index contributed by atoms with van der Waals surface area (Å²) < 4.78 is 0. The third-order valence-electron chi connectivity index (χ3n) is 4.45. The van der Waals surface area contributed by atoms with Crippen molar-refractivity contribution in [1.82, 2.24) is 10.2 Å². The number of hydrogen-bond acceptors (Lipinski definition) is 2. The molecule has 3 nitrogen and oxygen atoms in total. The summed E-state index contributed by atoms with van der Waals surface area (Å²) >= 11 is 0. The molecular weight excluding hydrogens is 248 g/mol. The first-order valence-electron chi connectivity index (χ1n) is 7.65. The van der Waals surface area contributed by atoms with E-state index in [0.29, 0.717) is 12.5 Å². The van der Waals surface area contributed by atoms with E-state index in [1.807, 2.05) is 23.1 Å². The lowest BCUT2D eigenvalue weighted by Crippen LogP contribution is -2.47. The second-order valence-electron chi connectivity index (χ2n) is 6.07. The van der Waals surface area contributed by atoms with E-state index in [0.717, 1.165) is 25.9 Å². The van der Waals surface area contributed by atoms with Gasteiger partial charge < -0.3 is 10.2 Å². The second kappa shape index (κ2) is 6.40. The van der Waals surface area contributed by atoms with E-state index < -0.39 is 0 Å². The molecule has 0 bridgehead atoms. The SMILES string of the molecule is CCC1(C(=O)N(Cc2ccccc2)C(C)C)CCNC1. The van der Waals surface area contributed by atoms with Crippen LogP contribution in [0.5, 0.6) is 0 Å². The maximum atomic E-state index is 13.0. The molecule has 20 heavy (non-hydrogen) atoms. The van der Waals surface area contributed by atoms with E-state index in [-0.39, 0.29) is 11.5 Å². The molecule has 1 amide bonds. The monoisotopic (exact) mass is 274 g/mol. The lowest BCUT2D eigenvalue weighted by molar-refractivity contribution is -0.144. The van der Waals surface area contributed by atoms with Gasteiger partial charge in [0.25, 0.3) is 0 Å². The number of benzene rings is 1.